The van der Waals surface area contributed by atoms with Gasteiger partial charge in [-0.3, -0.25) is 4.72 Å². The lowest BCUT2D eigenvalue weighted by Gasteiger charge is -2.11. The van der Waals surface area contributed by atoms with E-state index in [1.165, 1.54) is 0 Å². The average Bonchev–Trinajstić information content (AvgIpc) is 2.47. The summed E-state index contributed by atoms with van der Waals surface area (Å²) in [4.78, 5) is 0. The Bertz CT molecular complexity index is 729. The lowest BCUT2D eigenvalue weighted by Crippen LogP contribution is -2.21. The second-order valence-corrected chi connectivity index (χ2v) is 6.50. The Kier molecular flexibility index (Phi) is 5.15. The molecule has 4 nitrogen and oxygen atoms in total. The first-order valence-corrected chi connectivity index (χ1v) is 8.27. The molecule has 0 atom stereocenters. The number of sulfonamides is 1. The molecule has 0 aliphatic heterocycles. The Balaban J connectivity index is 1.90. The van der Waals surface area contributed by atoms with E-state index in [1.54, 1.807) is 30.3 Å². The van der Waals surface area contributed by atoms with Gasteiger partial charge in [-0.25, -0.2) is 8.42 Å². The molecule has 2 rings (SSSR count). The van der Waals surface area contributed by atoms with Gasteiger partial charge in [0.05, 0.1) is 5.56 Å². The van der Waals surface area contributed by atoms with E-state index in [9.17, 15) is 21.6 Å². The second kappa shape index (κ2) is 6.91. The zero-order valence-corrected chi connectivity index (χ0v) is 12.7. The first kappa shape index (κ1) is 17.1. The number of rotatable bonds is 6. The molecule has 0 unspecified atom stereocenters. The number of anilines is 1. The molecule has 0 fully saturated rings. The highest BCUT2D eigenvalue weighted by Gasteiger charge is 2.30. The first-order valence-electron chi connectivity index (χ1n) is 6.62. The van der Waals surface area contributed by atoms with Gasteiger partial charge >= 0.3 is 6.18 Å². The first-order chi connectivity index (χ1) is 10.8. The fraction of sp³-hybridized carbons (Fsp3) is 0.200. The minimum absolute atomic E-state index is 0.0673. The van der Waals surface area contributed by atoms with E-state index in [-0.39, 0.29) is 18.0 Å². The quantitative estimate of drug-likeness (QED) is 0.871. The molecular weight excluding hydrogens is 331 g/mol. The van der Waals surface area contributed by atoms with E-state index in [0.717, 1.165) is 24.3 Å². The number of halogens is 3. The van der Waals surface area contributed by atoms with Crippen LogP contribution in [0.3, 0.4) is 0 Å². The van der Waals surface area contributed by atoms with Gasteiger partial charge in [-0.1, -0.05) is 18.2 Å². The molecule has 0 aromatic heterocycles. The van der Waals surface area contributed by atoms with Crippen LogP contribution in [0.2, 0.25) is 0 Å². The Morgan fingerprint density at radius 1 is 0.957 bits per heavy atom. The van der Waals surface area contributed by atoms with Crippen LogP contribution < -0.4 is 9.46 Å². The van der Waals surface area contributed by atoms with E-state index in [1.807, 2.05) is 0 Å². The Morgan fingerprint density at radius 2 is 1.57 bits per heavy atom. The highest BCUT2D eigenvalue weighted by molar-refractivity contribution is 7.92. The van der Waals surface area contributed by atoms with Gasteiger partial charge in [0.25, 0.3) is 0 Å². The van der Waals surface area contributed by atoms with Crippen molar-refractivity contribution in [3.05, 3.63) is 60.2 Å². The summed E-state index contributed by atoms with van der Waals surface area (Å²) in [7, 11) is -3.71. The third-order valence-electron chi connectivity index (χ3n) is 2.85. The van der Waals surface area contributed by atoms with E-state index in [0.29, 0.717) is 5.75 Å². The molecule has 0 aliphatic rings. The lowest BCUT2D eigenvalue weighted by atomic mass is 10.2. The van der Waals surface area contributed by atoms with Crippen molar-refractivity contribution < 1.29 is 26.3 Å². The molecule has 0 saturated carbocycles. The minimum Gasteiger partial charge on any atom is -0.492 e. The monoisotopic (exact) mass is 345 g/mol. The normalized spacial score (nSPS) is 12.0. The summed E-state index contributed by atoms with van der Waals surface area (Å²) in [6.45, 7) is -0.0695. The molecule has 8 heteroatoms. The number of nitrogens with one attached hydrogen (secondary N) is 1. The number of ether oxygens (including phenoxy) is 1. The maximum atomic E-state index is 12.4. The van der Waals surface area contributed by atoms with Crippen molar-refractivity contribution in [2.75, 3.05) is 17.1 Å². The van der Waals surface area contributed by atoms with Gasteiger partial charge in [-0.05, 0) is 36.4 Å². The minimum atomic E-state index is -4.46. The number of hydrogen-bond donors (Lipinski definition) is 1. The summed E-state index contributed by atoms with van der Waals surface area (Å²) in [6.07, 6.45) is -4.46. The molecular formula is C15H14F3NO3S. The van der Waals surface area contributed by atoms with Crippen LogP contribution in [0.5, 0.6) is 5.75 Å². The molecule has 2 aromatic carbocycles. The molecule has 23 heavy (non-hydrogen) atoms. The van der Waals surface area contributed by atoms with Crippen molar-refractivity contribution in [2.24, 2.45) is 0 Å². The Labute approximate surface area is 132 Å². The van der Waals surface area contributed by atoms with E-state index < -0.39 is 21.8 Å². The van der Waals surface area contributed by atoms with Gasteiger partial charge in [0.1, 0.15) is 18.1 Å². The smallest absolute Gasteiger partial charge is 0.416 e. The van der Waals surface area contributed by atoms with Crippen molar-refractivity contribution in [2.45, 2.75) is 6.18 Å². The van der Waals surface area contributed by atoms with Crippen LogP contribution in [-0.4, -0.2) is 20.8 Å². The number of para-hydroxylation sites is 1. The van der Waals surface area contributed by atoms with Crippen molar-refractivity contribution in [3.63, 3.8) is 0 Å². The SMILES string of the molecule is O=S(=O)(CCOc1ccccc1)Nc1ccc(C(F)(F)F)cc1. The van der Waals surface area contributed by atoms with Crippen molar-refractivity contribution in [1.29, 1.82) is 0 Å². The van der Waals surface area contributed by atoms with Gasteiger partial charge in [0.15, 0.2) is 0 Å². The van der Waals surface area contributed by atoms with Gasteiger partial charge in [-0.15, -0.1) is 0 Å². The molecule has 0 heterocycles. The van der Waals surface area contributed by atoms with Crippen LogP contribution in [0.15, 0.2) is 54.6 Å². The fourth-order valence-corrected chi connectivity index (χ4v) is 2.64. The van der Waals surface area contributed by atoms with Crippen molar-refractivity contribution in [1.82, 2.24) is 0 Å². The third-order valence-corrected chi connectivity index (χ3v) is 4.10. The summed E-state index contributed by atoms with van der Waals surface area (Å²) < 4.78 is 68.5. The van der Waals surface area contributed by atoms with Gasteiger partial charge in [0, 0.05) is 5.69 Å². The molecule has 0 saturated heterocycles. The average molecular weight is 345 g/mol. The number of hydrogen-bond acceptors (Lipinski definition) is 3. The second-order valence-electron chi connectivity index (χ2n) is 4.66. The number of alkyl halides is 3. The predicted molar refractivity (Wildman–Crippen MR) is 80.8 cm³/mol. The van der Waals surface area contributed by atoms with Crippen molar-refractivity contribution >= 4 is 15.7 Å². The molecule has 124 valence electrons. The summed E-state index contributed by atoms with van der Waals surface area (Å²) >= 11 is 0. The molecule has 0 aliphatic carbocycles. The molecule has 0 bridgehead atoms. The molecule has 1 N–H and O–H groups in total. The zero-order chi connectivity index (χ0) is 16.9. The van der Waals surface area contributed by atoms with Crippen LogP contribution in [0.4, 0.5) is 18.9 Å². The van der Waals surface area contributed by atoms with Crippen LogP contribution >= 0.6 is 0 Å². The zero-order valence-electron chi connectivity index (χ0n) is 11.9. The molecule has 2 aromatic rings. The molecule has 0 radical (unpaired) electrons. The maximum absolute atomic E-state index is 12.4. The van der Waals surface area contributed by atoms with Gasteiger partial charge < -0.3 is 4.74 Å². The van der Waals surface area contributed by atoms with Gasteiger partial charge in [0.2, 0.25) is 10.0 Å². The van der Waals surface area contributed by atoms with Crippen LogP contribution in [0, 0.1) is 0 Å². The Morgan fingerprint density at radius 3 is 2.13 bits per heavy atom. The highest BCUT2D eigenvalue weighted by Crippen LogP contribution is 2.29. The van der Waals surface area contributed by atoms with E-state index in [4.69, 9.17) is 4.74 Å². The summed E-state index contributed by atoms with van der Waals surface area (Å²) in [5, 5.41) is 0. The van der Waals surface area contributed by atoms with E-state index in [2.05, 4.69) is 4.72 Å². The van der Waals surface area contributed by atoms with Crippen LogP contribution in [0.1, 0.15) is 5.56 Å². The maximum Gasteiger partial charge on any atom is 0.416 e. The predicted octanol–water partition coefficient (Wildman–Crippen LogP) is 3.53. The largest absolute Gasteiger partial charge is 0.492 e. The Hall–Kier alpha value is -2.22. The van der Waals surface area contributed by atoms with E-state index >= 15 is 0 Å². The van der Waals surface area contributed by atoms with Crippen LogP contribution in [0.25, 0.3) is 0 Å². The standard InChI is InChI=1S/C15H14F3NO3S/c16-15(17,18)12-6-8-13(9-7-12)19-23(20,21)11-10-22-14-4-2-1-3-5-14/h1-9,19H,10-11H2. The summed E-state index contributed by atoms with van der Waals surface area (Å²) in [5.41, 5.74) is -0.773. The summed E-state index contributed by atoms with van der Waals surface area (Å²) in [5.74, 6) is 0.223. The van der Waals surface area contributed by atoms with Gasteiger partial charge in [-0.2, -0.15) is 13.2 Å². The molecule has 0 spiro atoms. The molecule has 0 amide bonds. The lowest BCUT2D eigenvalue weighted by molar-refractivity contribution is -0.137. The van der Waals surface area contributed by atoms with Crippen LogP contribution in [-0.2, 0) is 16.2 Å². The fourth-order valence-electron chi connectivity index (χ4n) is 1.74. The third kappa shape index (κ3) is 5.48. The van der Waals surface area contributed by atoms with Crippen molar-refractivity contribution in [3.8, 4) is 5.75 Å². The number of benzene rings is 2. The topological polar surface area (TPSA) is 55.4 Å². The summed E-state index contributed by atoms with van der Waals surface area (Å²) in [6, 6.07) is 12.5. The highest BCUT2D eigenvalue weighted by atomic mass is 32.2.